The van der Waals surface area contributed by atoms with Crippen LogP contribution >= 0.6 is 23.2 Å². The van der Waals surface area contributed by atoms with E-state index in [1.54, 1.807) is 0 Å². The van der Waals surface area contributed by atoms with Gasteiger partial charge >= 0.3 is 0 Å². The minimum atomic E-state index is -0.413. The maximum atomic E-state index is 12.9. The molecule has 0 aromatic heterocycles. The number of unbranched alkanes of at least 4 members (excludes halogenated alkanes) is 1. The summed E-state index contributed by atoms with van der Waals surface area (Å²) in [5.41, 5.74) is 0. The molecule has 0 bridgehead atoms. The fourth-order valence-corrected chi connectivity index (χ4v) is 5.55. The molecule has 168 valence electrons. The molecular weight excluding hydrogens is 441 g/mol. The van der Waals surface area contributed by atoms with Crippen LogP contribution < -0.4 is 0 Å². The molecular formula is C22H27Cl2N3O4. The van der Waals surface area contributed by atoms with Crippen molar-refractivity contribution in [3.63, 3.8) is 0 Å². The van der Waals surface area contributed by atoms with Crippen molar-refractivity contribution >= 4 is 46.8 Å². The van der Waals surface area contributed by atoms with Gasteiger partial charge in [-0.1, -0.05) is 48.7 Å². The van der Waals surface area contributed by atoms with E-state index >= 15 is 0 Å². The van der Waals surface area contributed by atoms with E-state index in [0.717, 1.165) is 12.8 Å². The van der Waals surface area contributed by atoms with Crippen molar-refractivity contribution in [2.45, 2.75) is 45.4 Å². The highest BCUT2D eigenvalue weighted by Gasteiger charge is 2.51. The highest BCUT2D eigenvalue weighted by Crippen LogP contribution is 2.40. The zero-order valence-corrected chi connectivity index (χ0v) is 19.1. The standard InChI is InChI=1S/C22H27Cl2N3O4/c1-2-3-8-25(11-26-19(28)15-6-4-13(23)9-17(15)21(26)30)12-27-20(29)16-7-5-14(24)10-18(16)22(27)31/h4-5,15-18H,2-3,6-12H2,1H3/t15-,16+,17-,18-/m0/s1. The summed E-state index contributed by atoms with van der Waals surface area (Å²) < 4.78 is 0. The lowest BCUT2D eigenvalue weighted by molar-refractivity contribution is -0.145. The Bertz CT molecular complexity index is 805. The van der Waals surface area contributed by atoms with Crippen LogP contribution in [0.25, 0.3) is 0 Å². The van der Waals surface area contributed by atoms with Crippen LogP contribution in [0.1, 0.15) is 45.4 Å². The second kappa shape index (κ2) is 9.04. The van der Waals surface area contributed by atoms with Crippen molar-refractivity contribution in [3.8, 4) is 0 Å². The van der Waals surface area contributed by atoms with Gasteiger partial charge in [-0.3, -0.25) is 33.9 Å². The first-order chi connectivity index (χ1) is 14.8. The van der Waals surface area contributed by atoms with Crippen LogP contribution in [0.4, 0.5) is 0 Å². The van der Waals surface area contributed by atoms with Crippen molar-refractivity contribution in [1.82, 2.24) is 14.7 Å². The minimum Gasteiger partial charge on any atom is -0.274 e. The number of imide groups is 2. The van der Waals surface area contributed by atoms with E-state index in [4.69, 9.17) is 23.2 Å². The first-order valence-corrected chi connectivity index (χ1v) is 11.7. The quantitative estimate of drug-likeness (QED) is 0.537. The van der Waals surface area contributed by atoms with Crippen molar-refractivity contribution in [2.24, 2.45) is 23.7 Å². The lowest BCUT2D eigenvalue weighted by atomic mass is 9.85. The molecule has 2 heterocycles. The Hall–Kier alpha value is -1.70. The molecule has 0 aromatic rings. The Morgan fingerprint density at radius 3 is 1.65 bits per heavy atom. The second-order valence-electron chi connectivity index (χ2n) is 8.85. The van der Waals surface area contributed by atoms with Gasteiger partial charge in [0.25, 0.3) is 0 Å². The fourth-order valence-electron chi connectivity index (χ4n) is 5.04. The molecule has 0 radical (unpaired) electrons. The maximum absolute atomic E-state index is 12.9. The van der Waals surface area contributed by atoms with Crippen molar-refractivity contribution in [1.29, 1.82) is 0 Å². The lowest BCUT2D eigenvalue weighted by Crippen LogP contribution is -2.48. The average molecular weight is 468 g/mol. The number of amides is 4. The van der Waals surface area contributed by atoms with E-state index in [2.05, 4.69) is 0 Å². The van der Waals surface area contributed by atoms with Crippen LogP contribution in [-0.2, 0) is 19.2 Å². The lowest BCUT2D eigenvalue weighted by Gasteiger charge is -2.30. The third kappa shape index (κ3) is 4.20. The maximum Gasteiger partial charge on any atom is 0.234 e. The summed E-state index contributed by atoms with van der Waals surface area (Å²) in [5.74, 6) is -2.38. The molecule has 31 heavy (non-hydrogen) atoms. The van der Waals surface area contributed by atoms with Gasteiger partial charge in [-0.25, -0.2) is 0 Å². The Morgan fingerprint density at radius 1 is 0.806 bits per heavy atom. The Labute approximate surface area is 192 Å². The van der Waals surface area contributed by atoms with Gasteiger partial charge in [0.2, 0.25) is 23.6 Å². The molecule has 7 nitrogen and oxygen atoms in total. The zero-order chi connectivity index (χ0) is 22.3. The molecule has 2 aliphatic carbocycles. The highest BCUT2D eigenvalue weighted by molar-refractivity contribution is 6.30. The highest BCUT2D eigenvalue weighted by atomic mass is 35.5. The SMILES string of the molecule is CCCCN(CN1C(=O)[C@H]2CC=C(Cl)C[C@@H]2C1=O)CN1C(=O)[C@H]2CC(Cl)=CC[C@H]2C1=O. The van der Waals surface area contributed by atoms with Gasteiger partial charge in [-0.05, 0) is 32.1 Å². The zero-order valence-electron chi connectivity index (χ0n) is 17.6. The number of hydrogen-bond donors (Lipinski definition) is 0. The smallest absolute Gasteiger partial charge is 0.234 e. The van der Waals surface area contributed by atoms with E-state index < -0.39 is 11.8 Å². The van der Waals surface area contributed by atoms with Gasteiger partial charge in [-0.2, -0.15) is 0 Å². The predicted molar refractivity (Wildman–Crippen MR) is 115 cm³/mol. The molecule has 2 saturated heterocycles. The molecule has 4 aliphatic rings. The molecule has 0 N–H and O–H groups in total. The molecule has 4 atom stereocenters. The van der Waals surface area contributed by atoms with E-state index in [1.807, 2.05) is 24.0 Å². The number of carbonyl (C=O) groups is 4. The van der Waals surface area contributed by atoms with E-state index in [0.29, 0.717) is 42.3 Å². The summed E-state index contributed by atoms with van der Waals surface area (Å²) in [6, 6.07) is 0. The van der Waals surface area contributed by atoms with Gasteiger partial charge in [0.1, 0.15) is 0 Å². The third-order valence-corrected chi connectivity index (χ3v) is 7.45. The summed E-state index contributed by atoms with van der Waals surface area (Å²) >= 11 is 12.2. The molecule has 2 fully saturated rings. The summed E-state index contributed by atoms with van der Waals surface area (Å²) in [7, 11) is 0. The largest absolute Gasteiger partial charge is 0.274 e. The summed E-state index contributed by atoms with van der Waals surface area (Å²) in [6.45, 7) is 2.77. The van der Waals surface area contributed by atoms with E-state index in [1.165, 1.54) is 9.80 Å². The number of hydrogen-bond acceptors (Lipinski definition) is 5. The van der Waals surface area contributed by atoms with Crippen LogP contribution in [0, 0.1) is 23.7 Å². The number of likely N-dealkylation sites (tertiary alicyclic amines) is 2. The molecule has 0 spiro atoms. The normalized spacial score (nSPS) is 30.7. The summed E-state index contributed by atoms with van der Waals surface area (Å²) in [4.78, 5) is 56.1. The molecule has 2 aliphatic heterocycles. The topological polar surface area (TPSA) is 78.0 Å². The van der Waals surface area contributed by atoms with Gasteiger partial charge in [0.15, 0.2) is 0 Å². The summed E-state index contributed by atoms with van der Waals surface area (Å²) in [5, 5.41) is 1.24. The first kappa shape index (κ1) is 22.5. The van der Waals surface area contributed by atoms with Crippen molar-refractivity contribution in [3.05, 3.63) is 22.2 Å². The average Bonchev–Trinajstić information content (AvgIpc) is 3.11. The number of fused-ring (bicyclic) bond motifs is 2. The Balaban J connectivity index is 1.47. The van der Waals surface area contributed by atoms with E-state index in [9.17, 15) is 19.2 Å². The van der Waals surface area contributed by atoms with Crippen LogP contribution in [0.15, 0.2) is 22.2 Å². The van der Waals surface area contributed by atoms with Crippen LogP contribution in [-0.4, -0.2) is 58.2 Å². The Kier molecular flexibility index (Phi) is 6.56. The molecule has 9 heteroatoms. The number of nitrogens with zero attached hydrogens (tertiary/aromatic N) is 3. The van der Waals surface area contributed by atoms with Gasteiger partial charge < -0.3 is 0 Å². The molecule has 0 saturated carbocycles. The van der Waals surface area contributed by atoms with Crippen LogP contribution in [0.5, 0.6) is 0 Å². The Morgan fingerprint density at radius 2 is 1.23 bits per heavy atom. The number of halogens is 2. The third-order valence-electron chi connectivity index (χ3n) is 6.83. The monoisotopic (exact) mass is 467 g/mol. The van der Waals surface area contributed by atoms with Gasteiger partial charge in [0, 0.05) is 16.6 Å². The molecule has 0 aromatic carbocycles. The molecule has 4 amide bonds. The minimum absolute atomic E-state index is 0.0771. The fraction of sp³-hybridized carbons (Fsp3) is 0.636. The molecule has 4 rings (SSSR count). The second-order valence-corrected chi connectivity index (χ2v) is 9.82. The van der Waals surface area contributed by atoms with Crippen LogP contribution in [0.3, 0.4) is 0 Å². The van der Waals surface area contributed by atoms with Gasteiger partial charge in [0.05, 0.1) is 37.0 Å². The summed E-state index contributed by atoms with van der Waals surface area (Å²) in [6.07, 6.45) is 7.09. The van der Waals surface area contributed by atoms with Crippen molar-refractivity contribution < 1.29 is 19.2 Å². The number of allylic oxidation sites excluding steroid dienone is 4. The van der Waals surface area contributed by atoms with Crippen LogP contribution in [0.2, 0.25) is 0 Å². The van der Waals surface area contributed by atoms with Crippen molar-refractivity contribution in [2.75, 3.05) is 19.9 Å². The molecule has 0 unspecified atom stereocenters. The predicted octanol–water partition coefficient (Wildman–Crippen LogP) is 3.04. The first-order valence-electron chi connectivity index (χ1n) is 10.9. The van der Waals surface area contributed by atoms with Gasteiger partial charge in [-0.15, -0.1) is 0 Å². The number of carbonyl (C=O) groups excluding carboxylic acids is 4. The van der Waals surface area contributed by atoms with E-state index in [-0.39, 0.29) is 48.8 Å². The number of rotatable bonds is 7.